The molecule has 0 N–H and O–H groups in total. The number of nitrogens with zero attached hydrogens (tertiary/aromatic N) is 4. The summed E-state index contributed by atoms with van der Waals surface area (Å²) in [5.74, 6) is 1.60. The average molecular weight is 364 g/mol. The van der Waals surface area contributed by atoms with E-state index in [2.05, 4.69) is 69.3 Å². The molecular weight excluding hydrogens is 336 g/mol. The van der Waals surface area contributed by atoms with Crippen molar-refractivity contribution in [2.24, 2.45) is 0 Å². The molecule has 0 saturated carbocycles. The van der Waals surface area contributed by atoms with E-state index in [0.717, 1.165) is 70.2 Å². The van der Waals surface area contributed by atoms with Crippen LogP contribution in [0.15, 0.2) is 47.0 Å². The summed E-state index contributed by atoms with van der Waals surface area (Å²) >= 11 is 0. The van der Waals surface area contributed by atoms with E-state index in [1.54, 1.807) is 0 Å². The fourth-order valence-corrected chi connectivity index (χ4v) is 3.76. The lowest BCUT2D eigenvalue weighted by atomic mass is 10.0. The third-order valence-corrected chi connectivity index (χ3v) is 5.36. The monoisotopic (exact) mass is 364 g/mol. The number of unbranched alkanes of at least 4 members (excludes halogenated alkanes) is 1. The molecule has 5 nitrogen and oxygen atoms in total. The van der Waals surface area contributed by atoms with Gasteiger partial charge in [-0.1, -0.05) is 61.0 Å². The molecule has 4 rings (SSSR count). The lowest BCUT2D eigenvalue weighted by Gasteiger charge is -2.34. The SMILES string of the molecule is CCCCc1noc(CN2CCN(Cc3cccc4ccccc34)CC2)n1. The molecule has 3 aromatic rings. The van der Waals surface area contributed by atoms with Gasteiger partial charge >= 0.3 is 0 Å². The van der Waals surface area contributed by atoms with Gasteiger partial charge in [-0.3, -0.25) is 9.80 Å². The average Bonchev–Trinajstić information content (AvgIpc) is 3.15. The van der Waals surface area contributed by atoms with E-state index in [4.69, 9.17) is 4.52 Å². The first-order valence-corrected chi connectivity index (χ1v) is 10.0. The van der Waals surface area contributed by atoms with Gasteiger partial charge in [0.1, 0.15) is 0 Å². The Hall–Kier alpha value is -2.24. The number of hydrogen-bond acceptors (Lipinski definition) is 5. The van der Waals surface area contributed by atoms with Crippen LogP contribution in [0.5, 0.6) is 0 Å². The predicted molar refractivity (Wildman–Crippen MR) is 107 cm³/mol. The van der Waals surface area contributed by atoms with E-state index in [1.165, 1.54) is 16.3 Å². The molecule has 1 aliphatic heterocycles. The van der Waals surface area contributed by atoms with Crippen molar-refractivity contribution in [3.63, 3.8) is 0 Å². The summed E-state index contributed by atoms with van der Waals surface area (Å²) in [6.45, 7) is 8.17. The van der Waals surface area contributed by atoms with Crippen LogP contribution in [-0.2, 0) is 19.5 Å². The number of benzene rings is 2. The summed E-state index contributed by atoms with van der Waals surface area (Å²) in [5, 5.41) is 6.79. The third kappa shape index (κ3) is 4.54. The van der Waals surface area contributed by atoms with Gasteiger partial charge in [-0.25, -0.2) is 0 Å². The van der Waals surface area contributed by atoms with Crippen molar-refractivity contribution in [2.45, 2.75) is 39.3 Å². The van der Waals surface area contributed by atoms with Crippen LogP contribution in [0.1, 0.15) is 37.0 Å². The van der Waals surface area contributed by atoms with Crippen LogP contribution in [0.4, 0.5) is 0 Å². The van der Waals surface area contributed by atoms with Crippen LogP contribution >= 0.6 is 0 Å². The summed E-state index contributed by atoms with van der Waals surface area (Å²) in [5.41, 5.74) is 1.42. The van der Waals surface area contributed by atoms with Gasteiger partial charge < -0.3 is 4.52 Å². The van der Waals surface area contributed by atoms with Gasteiger partial charge in [-0.15, -0.1) is 0 Å². The van der Waals surface area contributed by atoms with E-state index in [9.17, 15) is 0 Å². The summed E-state index contributed by atoms with van der Waals surface area (Å²) in [6.07, 6.45) is 3.19. The fourth-order valence-electron chi connectivity index (χ4n) is 3.76. The molecule has 0 bridgehead atoms. The van der Waals surface area contributed by atoms with Gasteiger partial charge in [0.15, 0.2) is 5.82 Å². The number of aromatic nitrogens is 2. The lowest BCUT2D eigenvalue weighted by molar-refractivity contribution is 0.112. The molecule has 0 atom stereocenters. The van der Waals surface area contributed by atoms with Crippen molar-refractivity contribution in [3.8, 4) is 0 Å². The van der Waals surface area contributed by atoms with Gasteiger partial charge in [0.2, 0.25) is 5.89 Å². The molecular formula is C22H28N4O. The number of piperazine rings is 1. The van der Waals surface area contributed by atoms with Crippen LogP contribution in [0, 0.1) is 0 Å². The Morgan fingerprint density at radius 1 is 0.926 bits per heavy atom. The minimum atomic E-state index is 0.753. The normalized spacial score (nSPS) is 16.2. The van der Waals surface area contributed by atoms with Crippen molar-refractivity contribution in [1.29, 1.82) is 0 Å². The largest absolute Gasteiger partial charge is 0.338 e. The highest BCUT2D eigenvalue weighted by Gasteiger charge is 2.19. The third-order valence-electron chi connectivity index (χ3n) is 5.36. The zero-order chi connectivity index (χ0) is 18.5. The maximum Gasteiger partial charge on any atom is 0.240 e. The number of aryl methyl sites for hydroxylation is 1. The molecule has 142 valence electrons. The minimum absolute atomic E-state index is 0.753. The van der Waals surface area contributed by atoms with E-state index in [0.29, 0.717) is 0 Å². The van der Waals surface area contributed by atoms with E-state index in [1.807, 2.05) is 0 Å². The molecule has 0 amide bonds. The van der Waals surface area contributed by atoms with E-state index in [-0.39, 0.29) is 0 Å². The molecule has 27 heavy (non-hydrogen) atoms. The summed E-state index contributed by atoms with van der Waals surface area (Å²) in [6, 6.07) is 15.3. The highest BCUT2D eigenvalue weighted by Crippen LogP contribution is 2.20. The molecule has 1 saturated heterocycles. The van der Waals surface area contributed by atoms with Crippen molar-refractivity contribution in [1.82, 2.24) is 19.9 Å². The second-order valence-corrected chi connectivity index (χ2v) is 7.40. The molecule has 0 spiro atoms. The lowest BCUT2D eigenvalue weighted by Crippen LogP contribution is -2.45. The quantitative estimate of drug-likeness (QED) is 0.636. The number of hydrogen-bond donors (Lipinski definition) is 0. The van der Waals surface area contributed by atoms with Crippen LogP contribution < -0.4 is 0 Å². The van der Waals surface area contributed by atoms with Crippen molar-refractivity contribution in [2.75, 3.05) is 26.2 Å². The minimum Gasteiger partial charge on any atom is -0.338 e. The Morgan fingerprint density at radius 3 is 2.48 bits per heavy atom. The molecule has 0 aliphatic carbocycles. The zero-order valence-corrected chi connectivity index (χ0v) is 16.1. The van der Waals surface area contributed by atoms with Crippen LogP contribution in [0.2, 0.25) is 0 Å². The summed E-state index contributed by atoms with van der Waals surface area (Å²) in [4.78, 5) is 9.48. The van der Waals surface area contributed by atoms with Crippen LogP contribution in [-0.4, -0.2) is 46.1 Å². The highest BCUT2D eigenvalue weighted by atomic mass is 16.5. The topological polar surface area (TPSA) is 45.4 Å². The number of fused-ring (bicyclic) bond motifs is 1. The van der Waals surface area contributed by atoms with Crippen molar-refractivity contribution >= 4 is 10.8 Å². The highest BCUT2D eigenvalue weighted by molar-refractivity contribution is 5.85. The fraction of sp³-hybridized carbons (Fsp3) is 0.455. The van der Waals surface area contributed by atoms with E-state index < -0.39 is 0 Å². The first kappa shape index (κ1) is 18.1. The summed E-state index contributed by atoms with van der Waals surface area (Å²) < 4.78 is 5.42. The maximum atomic E-state index is 5.42. The molecule has 0 radical (unpaired) electrons. The van der Waals surface area contributed by atoms with Crippen molar-refractivity contribution < 1.29 is 4.52 Å². The maximum absolute atomic E-state index is 5.42. The van der Waals surface area contributed by atoms with Gasteiger partial charge in [-0.2, -0.15) is 4.98 Å². The summed E-state index contributed by atoms with van der Waals surface area (Å²) in [7, 11) is 0. The molecule has 5 heteroatoms. The molecule has 1 aromatic heterocycles. The Labute approximate surface area is 161 Å². The van der Waals surface area contributed by atoms with Gasteiger partial charge in [0.25, 0.3) is 0 Å². The molecule has 2 aromatic carbocycles. The first-order chi connectivity index (χ1) is 13.3. The van der Waals surface area contributed by atoms with Gasteiger partial charge in [0, 0.05) is 39.1 Å². The Kier molecular flexibility index (Phi) is 5.80. The van der Waals surface area contributed by atoms with Gasteiger partial charge in [-0.05, 0) is 22.8 Å². The Balaban J connectivity index is 1.30. The molecule has 2 heterocycles. The zero-order valence-electron chi connectivity index (χ0n) is 16.1. The number of rotatable bonds is 7. The second-order valence-electron chi connectivity index (χ2n) is 7.40. The molecule has 0 unspecified atom stereocenters. The molecule has 1 fully saturated rings. The first-order valence-electron chi connectivity index (χ1n) is 10.0. The standard InChI is InChI=1S/C22H28N4O/c1-2-3-11-21-23-22(27-24-21)17-26-14-12-25(13-15-26)16-19-9-6-8-18-7-4-5-10-20(18)19/h4-10H,2-3,11-17H2,1H3. The smallest absolute Gasteiger partial charge is 0.240 e. The Bertz CT molecular complexity index is 862. The molecule has 1 aliphatic rings. The predicted octanol–water partition coefficient (Wildman–Crippen LogP) is 3.88. The van der Waals surface area contributed by atoms with Crippen molar-refractivity contribution in [3.05, 3.63) is 59.7 Å². The van der Waals surface area contributed by atoms with E-state index >= 15 is 0 Å². The van der Waals surface area contributed by atoms with Gasteiger partial charge in [0.05, 0.1) is 6.54 Å². The van der Waals surface area contributed by atoms with Crippen LogP contribution in [0.25, 0.3) is 10.8 Å². The second kappa shape index (κ2) is 8.63. The Morgan fingerprint density at radius 2 is 1.67 bits per heavy atom. The van der Waals surface area contributed by atoms with Crippen LogP contribution in [0.3, 0.4) is 0 Å².